The normalized spacial score (nSPS) is 22.0. The summed E-state index contributed by atoms with van der Waals surface area (Å²) >= 11 is 0. The lowest BCUT2D eigenvalue weighted by molar-refractivity contribution is -0.140. The quantitative estimate of drug-likeness (QED) is 0.839. The summed E-state index contributed by atoms with van der Waals surface area (Å²) in [6, 6.07) is 1.72. The molecule has 0 radical (unpaired) electrons. The third-order valence-corrected chi connectivity index (χ3v) is 4.62. The molecule has 1 aromatic rings. The standard InChI is InChI=1S/C17H25N3O4/c1-12(2)15-11-13(18-24-15)16(21)19-6-4-7-20(9-8-19)17(22)14-5-3-10-23-14/h11-12,14H,3-10H2,1-2H3/t14-/m0/s1. The largest absolute Gasteiger partial charge is 0.368 e. The van der Waals surface area contributed by atoms with Crippen LogP contribution >= 0.6 is 0 Å². The molecule has 0 spiro atoms. The lowest BCUT2D eigenvalue weighted by atomic mass is 10.1. The SMILES string of the molecule is CC(C)c1cc(C(=O)N2CCCN(C(=O)[C@@H]3CCCO3)CC2)no1. The Balaban J connectivity index is 1.60. The molecule has 2 aliphatic heterocycles. The van der Waals surface area contributed by atoms with Crippen LogP contribution < -0.4 is 0 Å². The van der Waals surface area contributed by atoms with Gasteiger partial charge in [-0.3, -0.25) is 9.59 Å². The van der Waals surface area contributed by atoms with Crippen LogP contribution in [0.4, 0.5) is 0 Å². The van der Waals surface area contributed by atoms with Gasteiger partial charge in [-0.05, 0) is 19.3 Å². The highest BCUT2D eigenvalue weighted by molar-refractivity contribution is 5.92. The smallest absolute Gasteiger partial charge is 0.276 e. The van der Waals surface area contributed by atoms with Gasteiger partial charge in [0, 0.05) is 44.8 Å². The van der Waals surface area contributed by atoms with Crippen LogP contribution in [0.3, 0.4) is 0 Å². The van der Waals surface area contributed by atoms with E-state index in [2.05, 4.69) is 5.16 Å². The Morgan fingerprint density at radius 1 is 1.17 bits per heavy atom. The Morgan fingerprint density at radius 3 is 2.58 bits per heavy atom. The summed E-state index contributed by atoms with van der Waals surface area (Å²) in [4.78, 5) is 28.6. The van der Waals surface area contributed by atoms with E-state index in [9.17, 15) is 9.59 Å². The molecule has 132 valence electrons. The molecule has 1 aromatic heterocycles. The minimum Gasteiger partial charge on any atom is -0.368 e. The van der Waals surface area contributed by atoms with Crippen molar-refractivity contribution in [3.8, 4) is 0 Å². The van der Waals surface area contributed by atoms with Gasteiger partial charge in [0.15, 0.2) is 5.69 Å². The van der Waals surface area contributed by atoms with E-state index in [-0.39, 0.29) is 23.8 Å². The third kappa shape index (κ3) is 3.61. The van der Waals surface area contributed by atoms with Crippen molar-refractivity contribution in [1.82, 2.24) is 15.0 Å². The van der Waals surface area contributed by atoms with Gasteiger partial charge in [0.2, 0.25) is 0 Å². The van der Waals surface area contributed by atoms with E-state index in [1.54, 1.807) is 11.0 Å². The lowest BCUT2D eigenvalue weighted by Gasteiger charge is -2.24. The number of hydrogen-bond donors (Lipinski definition) is 0. The van der Waals surface area contributed by atoms with Crippen LogP contribution in [-0.2, 0) is 9.53 Å². The second-order valence-electron chi connectivity index (χ2n) is 6.74. The Bertz CT molecular complexity index is 592. The summed E-state index contributed by atoms with van der Waals surface area (Å²) in [7, 11) is 0. The summed E-state index contributed by atoms with van der Waals surface area (Å²) in [5, 5.41) is 3.89. The molecule has 7 nitrogen and oxygen atoms in total. The first-order valence-corrected chi connectivity index (χ1v) is 8.72. The predicted molar refractivity (Wildman–Crippen MR) is 86.7 cm³/mol. The van der Waals surface area contributed by atoms with Crippen molar-refractivity contribution in [3.63, 3.8) is 0 Å². The fourth-order valence-corrected chi connectivity index (χ4v) is 3.14. The monoisotopic (exact) mass is 335 g/mol. The van der Waals surface area contributed by atoms with Crippen LogP contribution in [-0.4, -0.2) is 65.7 Å². The molecule has 7 heteroatoms. The van der Waals surface area contributed by atoms with Gasteiger partial charge in [-0.15, -0.1) is 0 Å². The van der Waals surface area contributed by atoms with Crippen molar-refractivity contribution < 1.29 is 18.8 Å². The molecule has 24 heavy (non-hydrogen) atoms. The predicted octanol–water partition coefficient (Wildman–Crippen LogP) is 1.65. The first-order valence-electron chi connectivity index (χ1n) is 8.72. The fourth-order valence-electron chi connectivity index (χ4n) is 3.14. The molecule has 2 fully saturated rings. The van der Waals surface area contributed by atoms with E-state index < -0.39 is 0 Å². The summed E-state index contributed by atoms with van der Waals surface area (Å²) < 4.78 is 10.7. The summed E-state index contributed by atoms with van der Waals surface area (Å²) in [5.74, 6) is 0.841. The maximum atomic E-state index is 12.6. The molecular formula is C17H25N3O4. The summed E-state index contributed by atoms with van der Waals surface area (Å²) in [6.07, 6.45) is 2.21. The molecule has 0 N–H and O–H groups in total. The van der Waals surface area contributed by atoms with E-state index >= 15 is 0 Å². The minimum absolute atomic E-state index is 0.0605. The van der Waals surface area contributed by atoms with E-state index in [1.807, 2.05) is 18.7 Å². The first kappa shape index (κ1) is 17.0. The zero-order valence-electron chi connectivity index (χ0n) is 14.4. The van der Waals surface area contributed by atoms with Crippen molar-refractivity contribution in [2.24, 2.45) is 0 Å². The van der Waals surface area contributed by atoms with Gasteiger partial charge in [0.25, 0.3) is 11.8 Å². The van der Waals surface area contributed by atoms with E-state index in [0.29, 0.717) is 44.2 Å². The van der Waals surface area contributed by atoms with Crippen LogP contribution in [0, 0.1) is 0 Å². The molecule has 0 bridgehead atoms. The highest BCUT2D eigenvalue weighted by Crippen LogP contribution is 2.18. The van der Waals surface area contributed by atoms with Crippen molar-refractivity contribution in [3.05, 3.63) is 17.5 Å². The number of nitrogens with zero attached hydrogens (tertiary/aromatic N) is 3. The topological polar surface area (TPSA) is 75.9 Å². The molecule has 1 atom stereocenters. The van der Waals surface area contributed by atoms with Gasteiger partial charge in [0.1, 0.15) is 11.9 Å². The Labute approximate surface area is 141 Å². The molecule has 0 aliphatic carbocycles. The van der Waals surface area contributed by atoms with Gasteiger partial charge in [-0.25, -0.2) is 0 Å². The van der Waals surface area contributed by atoms with Gasteiger partial charge < -0.3 is 19.1 Å². The van der Waals surface area contributed by atoms with Crippen LogP contribution in [0.25, 0.3) is 0 Å². The highest BCUT2D eigenvalue weighted by Gasteiger charge is 2.30. The van der Waals surface area contributed by atoms with Crippen molar-refractivity contribution in [1.29, 1.82) is 0 Å². The van der Waals surface area contributed by atoms with Crippen molar-refractivity contribution in [2.75, 3.05) is 32.8 Å². The average Bonchev–Trinajstić information content (AvgIpc) is 3.21. The van der Waals surface area contributed by atoms with Gasteiger partial charge in [0.05, 0.1) is 0 Å². The first-order chi connectivity index (χ1) is 11.6. The van der Waals surface area contributed by atoms with Crippen LogP contribution in [0.1, 0.15) is 55.3 Å². The van der Waals surface area contributed by atoms with Gasteiger partial charge in [-0.1, -0.05) is 19.0 Å². The molecule has 0 saturated carbocycles. The van der Waals surface area contributed by atoms with E-state index in [4.69, 9.17) is 9.26 Å². The van der Waals surface area contributed by atoms with Crippen LogP contribution in [0.15, 0.2) is 10.6 Å². The van der Waals surface area contributed by atoms with Crippen molar-refractivity contribution >= 4 is 11.8 Å². The number of carbonyl (C=O) groups excluding carboxylic acids is 2. The number of aromatic nitrogens is 1. The Kier molecular flexibility index (Phi) is 5.18. The number of amides is 2. The van der Waals surface area contributed by atoms with Gasteiger partial charge >= 0.3 is 0 Å². The highest BCUT2D eigenvalue weighted by atomic mass is 16.5. The Hall–Kier alpha value is -1.89. The van der Waals surface area contributed by atoms with Crippen molar-refractivity contribution in [2.45, 2.75) is 45.1 Å². The molecule has 0 unspecified atom stereocenters. The van der Waals surface area contributed by atoms with E-state index in [1.165, 1.54) is 0 Å². The molecule has 2 amide bonds. The average molecular weight is 335 g/mol. The zero-order chi connectivity index (χ0) is 17.1. The maximum Gasteiger partial charge on any atom is 0.276 e. The van der Waals surface area contributed by atoms with Crippen LogP contribution in [0.2, 0.25) is 0 Å². The molecule has 2 saturated heterocycles. The third-order valence-electron chi connectivity index (χ3n) is 4.62. The van der Waals surface area contributed by atoms with Crippen LogP contribution in [0.5, 0.6) is 0 Å². The second kappa shape index (κ2) is 7.34. The number of ether oxygens (including phenoxy) is 1. The molecule has 0 aromatic carbocycles. The lowest BCUT2D eigenvalue weighted by Crippen LogP contribution is -2.41. The fraction of sp³-hybridized carbons (Fsp3) is 0.706. The molecular weight excluding hydrogens is 310 g/mol. The zero-order valence-corrected chi connectivity index (χ0v) is 14.4. The second-order valence-corrected chi connectivity index (χ2v) is 6.74. The molecule has 3 rings (SSSR count). The summed E-state index contributed by atoms with van der Waals surface area (Å²) in [5.41, 5.74) is 0.345. The number of carbonyl (C=O) groups is 2. The summed E-state index contributed by atoms with van der Waals surface area (Å²) in [6.45, 7) is 7.00. The Morgan fingerprint density at radius 2 is 1.92 bits per heavy atom. The number of hydrogen-bond acceptors (Lipinski definition) is 5. The van der Waals surface area contributed by atoms with E-state index in [0.717, 1.165) is 19.3 Å². The van der Waals surface area contributed by atoms with Gasteiger partial charge in [-0.2, -0.15) is 0 Å². The molecule has 2 aliphatic rings. The molecule has 3 heterocycles. The maximum absolute atomic E-state index is 12.6. The number of rotatable bonds is 3. The minimum atomic E-state index is -0.295.